The molecule has 0 aliphatic rings. The van der Waals surface area contributed by atoms with E-state index in [-0.39, 0.29) is 16.7 Å². The van der Waals surface area contributed by atoms with Crippen molar-refractivity contribution in [1.82, 2.24) is 9.88 Å². The van der Waals surface area contributed by atoms with Gasteiger partial charge in [0.2, 0.25) is 15.9 Å². The number of carbonyl (C=O) groups excluding carboxylic acids is 1. The van der Waals surface area contributed by atoms with E-state index in [1.54, 1.807) is 38.1 Å². The number of aromatic nitrogens is 1. The first-order chi connectivity index (χ1) is 15.2. The molecular weight excluding hydrogens is 426 g/mol. The fourth-order valence-electron chi connectivity index (χ4n) is 3.22. The molecule has 0 saturated heterocycles. The summed E-state index contributed by atoms with van der Waals surface area (Å²) in [5.74, 6) is 0.194. The third kappa shape index (κ3) is 5.72. The third-order valence-corrected chi connectivity index (χ3v) is 6.63. The van der Waals surface area contributed by atoms with Crippen LogP contribution in [-0.4, -0.2) is 26.0 Å². The average molecular weight is 454 g/mol. The Hall–Kier alpha value is -3.23. The number of benzene rings is 2. The van der Waals surface area contributed by atoms with Crippen molar-refractivity contribution in [3.63, 3.8) is 0 Å². The van der Waals surface area contributed by atoms with Crippen LogP contribution in [0.1, 0.15) is 47.9 Å². The molecule has 1 heterocycles. The third-order valence-electron chi connectivity index (χ3n) is 5.07. The zero-order valence-electron chi connectivity index (χ0n) is 18.5. The summed E-state index contributed by atoms with van der Waals surface area (Å²) in [5, 5.41) is 6.56. The highest BCUT2D eigenvalue weighted by Gasteiger charge is 2.19. The Labute approximate surface area is 188 Å². The van der Waals surface area contributed by atoms with Crippen LogP contribution in [0, 0.1) is 13.8 Å². The van der Waals surface area contributed by atoms with Crippen molar-refractivity contribution in [2.45, 2.75) is 38.5 Å². The van der Waals surface area contributed by atoms with Gasteiger partial charge in [-0.25, -0.2) is 13.1 Å². The van der Waals surface area contributed by atoms with Crippen LogP contribution in [0.5, 0.6) is 0 Å². The number of anilines is 1. The topological polar surface area (TPSA) is 101 Å². The van der Waals surface area contributed by atoms with Crippen molar-refractivity contribution >= 4 is 33.8 Å². The number of aryl methyl sites for hydroxylation is 2. The van der Waals surface area contributed by atoms with Gasteiger partial charge in [-0.1, -0.05) is 60.6 Å². The van der Waals surface area contributed by atoms with E-state index in [2.05, 4.69) is 15.2 Å². The Balaban J connectivity index is 1.79. The van der Waals surface area contributed by atoms with Crippen molar-refractivity contribution in [2.75, 3.05) is 11.9 Å². The van der Waals surface area contributed by atoms with E-state index in [0.29, 0.717) is 34.8 Å². The van der Waals surface area contributed by atoms with E-state index in [0.717, 1.165) is 5.56 Å². The molecule has 1 unspecified atom stereocenters. The fraction of sp³-hybridized carbons (Fsp3) is 0.250. The van der Waals surface area contributed by atoms with Gasteiger partial charge in [-0.3, -0.25) is 4.79 Å². The number of rotatable bonds is 8. The standard InChI is InChI=1S/C24H27N3O4S/c1-16-10-11-20(12-13-22-24(26-19(4)28)18(3)27-31-22)14-23(16)32(29,30)25-15-17(2)21-8-6-5-7-9-21/h5-14,17,25H,15H2,1-4H3,(H,26,28). The zero-order valence-corrected chi connectivity index (χ0v) is 19.4. The minimum atomic E-state index is -3.70. The smallest absolute Gasteiger partial charge is 0.240 e. The maximum Gasteiger partial charge on any atom is 0.240 e. The van der Waals surface area contributed by atoms with Crippen molar-refractivity contribution < 1.29 is 17.7 Å². The molecule has 2 aromatic carbocycles. The second kappa shape index (κ2) is 9.93. The van der Waals surface area contributed by atoms with Crippen LogP contribution in [-0.2, 0) is 14.8 Å². The van der Waals surface area contributed by atoms with E-state index < -0.39 is 10.0 Å². The predicted molar refractivity (Wildman–Crippen MR) is 126 cm³/mol. The summed E-state index contributed by atoms with van der Waals surface area (Å²) in [4.78, 5) is 11.6. The monoisotopic (exact) mass is 453 g/mol. The number of nitrogens with one attached hydrogen (secondary N) is 2. The first kappa shape index (κ1) is 23.4. The quantitative estimate of drug-likeness (QED) is 0.523. The molecule has 0 radical (unpaired) electrons. The molecule has 0 spiro atoms. The first-order valence-electron chi connectivity index (χ1n) is 10.2. The number of hydrogen-bond donors (Lipinski definition) is 2. The lowest BCUT2D eigenvalue weighted by Gasteiger charge is -2.15. The second-order valence-corrected chi connectivity index (χ2v) is 9.45. The number of nitrogens with zero attached hydrogens (tertiary/aromatic N) is 1. The molecule has 1 aromatic heterocycles. The van der Waals surface area contributed by atoms with Crippen LogP contribution in [0.25, 0.3) is 12.2 Å². The van der Waals surface area contributed by atoms with Crippen LogP contribution < -0.4 is 10.0 Å². The average Bonchev–Trinajstić information content (AvgIpc) is 3.10. The Morgan fingerprint density at radius 2 is 1.84 bits per heavy atom. The van der Waals surface area contributed by atoms with Crippen LogP contribution in [0.2, 0.25) is 0 Å². The molecule has 0 fully saturated rings. The van der Waals surface area contributed by atoms with Gasteiger partial charge in [0.15, 0.2) is 5.76 Å². The highest BCUT2D eigenvalue weighted by atomic mass is 32.2. The summed E-state index contributed by atoms with van der Waals surface area (Å²) in [6.07, 6.45) is 3.37. The summed E-state index contributed by atoms with van der Waals surface area (Å²) in [7, 11) is -3.70. The van der Waals surface area contributed by atoms with Crippen molar-refractivity contribution in [3.8, 4) is 0 Å². The number of sulfonamides is 1. The molecule has 32 heavy (non-hydrogen) atoms. The second-order valence-electron chi connectivity index (χ2n) is 7.71. The van der Waals surface area contributed by atoms with Gasteiger partial charge < -0.3 is 9.84 Å². The van der Waals surface area contributed by atoms with Crippen LogP contribution in [0.3, 0.4) is 0 Å². The highest BCUT2D eigenvalue weighted by molar-refractivity contribution is 7.89. The molecule has 2 N–H and O–H groups in total. The zero-order chi connectivity index (χ0) is 23.3. The van der Waals surface area contributed by atoms with E-state index in [4.69, 9.17) is 4.52 Å². The molecule has 7 nitrogen and oxygen atoms in total. The minimum absolute atomic E-state index is 0.0382. The first-order valence-corrected chi connectivity index (χ1v) is 11.7. The summed E-state index contributed by atoms with van der Waals surface area (Å²) in [6, 6.07) is 15.0. The molecule has 0 aliphatic carbocycles. The molecule has 3 rings (SSSR count). The molecule has 168 valence electrons. The molecule has 1 amide bonds. The van der Waals surface area contributed by atoms with Crippen molar-refractivity contribution in [2.24, 2.45) is 0 Å². The lowest BCUT2D eigenvalue weighted by atomic mass is 10.0. The van der Waals surface area contributed by atoms with E-state index >= 15 is 0 Å². The maximum atomic E-state index is 13.0. The maximum absolute atomic E-state index is 13.0. The lowest BCUT2D eigenvalue weighted by Crippen LogP contribution is -2.28. The normalized spacial score (nSPS) is 12.8. The Bertz CT molecular complexity index is 1230. The van der Waals surface area contributed by atoms with Gasteiger partial charge in [-0.05, 0) is 48.6 Å². The Morgan fingerprint density at radius 3 is 2.53 bits per heavy atom. The van der Waals surface area contributed by atoms with Gasteiger partial charge >= 0.3 is 0 Å². The molecule has 0 aliphatic heterocycles. The van der Waals surface area contributed by atoms with Crippen LogP contribution in [0.4, 0.5) is 5.69 Å². The number of hydrogen-bond acceptors (Lipinski definition) is 5. The number of amides is 1. The predicted octanol–water partition coefficient (Wildman–Crippen LogP) is 4.50. The molecule has 3 aromatic rings. The largest absolute Gasteiger partial charge is 0.354 e. The summed E-state index contributed by atoms with van der Waals surface area (Å²) in [5.41, 5.74) is 3.45. The molecular formula is C24H27N3O4S. The molecule has 0 saturated carbocycles. The van der Waals surface area contributed by atoms with Crippen molar-refractivity contribution in [1.29, 1.82) is 0 Å². The summed E-state index contributed by atoms with van der Waals surface area (Å²) in [6.45, 7) is 7.17. The van der Waals surface area contributed by atoms with Crippen LogP contribution in [0.15, 0.2) is 57.9 Å². The molecule has 1 atom stereocenters. The van der Waals surface area contributed by atoms with Crippen LogP contribution >= 0.6 is 0 Å². The van der Waals surface area contributed by atoms with Gasteiger partial charge in [0, 0.05) is 13.5 Å². The summed E-state index contributed by atoms with van der Waals surface area (Å²) >= 11 is 0. The molecule has 0 bridgehead atoms. The van der Waals surface area contributed by atoms with Gasteiger partial charge in [-0.15, -0.1) is 0 Å². The minimum Gasteiger partial charge on any atom is -0.354 e. The van der Waals surface area contributed by atoms with Gasteiger partial charge in [0.05, 0.1) is 4.90 Å². The fourth-order valence-corrected chi connectivity index (χ4v) is 4.63. The van der Waals surface area contributed by atoms with E-state index in [1.807, 2.05) is 43.3 Å². The Kier molecular flexibility index (Phi) is 7.27. The van der Waals surface area contributed by atoms with E-state index in [9.17, 15) is 13.2 Å². The highest BCUT2D eigenvalue weighted by Crippen LogP contribution is 2.24. The SMILES string of the molecule is CC(=O)Nc1c(C)noc1C=Cc1ccc(C)c(S(=O)(=O)NCC(C)c2ccccc2)c1. The lowest BCUT2D eigenvalue weighted by molar-refractivity contribution is -0.114. The van der Waals surface area contributed by atoms with Gasteiger partial charge in [0.1, 0.15) is 11.4 Å². The number of carbonyl (C=O) groups is 1. The Morgan fingerprint density at radius 1 is 1.12 bits per heavy atom. The molecule has 8 heteroatoms. The summed E-state index contributed by atoms with van der Waals surface area (Å²) < 4.78 is 34.0. The van der Waals surface area contributed by atoms with E-state index in [1.165, 1.54) is 6.92 Å². The van der Waals surface area contributed by atoms with Crippen molar-refractivity contribution in [3.05, 3.63) is 76.7 Å². The van der Waals surface area contributed by atoms with Gasteiger partial charge in [-0.2, -0.15) is 0 Å². The van der Waals surface area contributed by atoms with Gasteiger partial charge in [0.25, 0.3) is 0 Å².